The molecular formula is C17H34N2O2. The van der Waals surface area contributed by atoms with Gasteiger partial charge in [0.1, 0.15) is 0 Å². The summed E-state index contributed by atoms with van der Waals surface area (Å²) in [5, 5.41) is 3.86. The average Bonchev–Trinajstić information content (AvgIpc) is 3.35. The molecule has 4 nitrogen and oxygen atoms in total. The minimum absolute atomic E-state index is 0.336. The number of nitrogens with zero attached hydrogens (tertiary/aromatic N) is 1. The Hall–Kier alpha value is -0.160. The van der Waals surface area contributed by atoms with Crippen LogP contribution in [-0.4, -0.2) is 63.0 Å². The van der Waals surface area contributed by atoms with Crippen LogP contribution in [0, 0.1) is 5.92 Å². The Morgan fingerprint density at radius 1 is 1.14 bits per heavy atom. The normalized spacial score (nSPS) is 26.1. The maximum atomic E-state index is 5.61. The maximum Gasteiger partial charge on any atom is 0.0700 e. The highest BCUT2D eigenvalue weighted by molar-refractivity contribution is 5.01. The van der Waals surface area contributed by atoms with Gasteiger partial charge in [0.25, 0.3) is 0 Å². The lowest BCUT2D eigenvalue weighted by atomic mass is 9.87. The number of hydrogen-bond acceptors (Lipinski definition) is 4. The van der Waals surface area contributed by atoms with Gasteiger partial charge in [0.2, 0.25) is 0 Å². The number of piperazine rings is 1. The van der Waals surface area contributed by atoms with Crippen molar-refractivity contribution in [3.05, 3.63) is 0 Å². The second-order valence-electron chi connectivity index (χ2n) is 6.70. The summed E-state index contributed by atoms with van der Waals surface area (Å²) >= 11 is 0. The number of hydrogen-bond donors (Lipinski definition) is 1. The second-order valence-corrected chi connectivity index (χ2v) is 6.70. The average molecular weight is 298 g/mol. The van der Waals surface area contributed by atoms with E-state index in [-0.39, 0.29) is 0 Å². The molecule has 0 aromatic rings. The summed E-state index contributed by atoms with van der Waals surface area (Å²) in [5.74, 6) is 0.943. The van der Waals surface area contributed by atoms with Crippen LogP contribution >= 0.6 is 0 Å². The van der Waals surface area contributed by atoms with Crippen LogP contribution in [0.5, 0.6) is 0 Å². The van der Waals surface area contributed by atoms with Crippen molar-refractivity contribution in [2.45, 2.75) is 57.5 Å². The molecule has 1 saturated heterocycles. The third-order valence-corrected chi connectivity index (χ3v) is 5.35. The summed E-state index contributed by atoms with van der Waals surface area (Å²) in [6, 6.07) is 0.759. The zero-order valence-corrected chi connectivity index (χ0v) is 14.2. The molecule has 2 aliphatic rings. The molecule has 0 spiro atoms. The van der Waals surface area contributed by atoms with Gasteiger partial charge in [-0.1, -0.05) is 13.8 Å². The minimum atomic E-state index is 0.336. The van der Waals surface area contributed by atoms with Gasteiger partial charge in [-0.05, 0) is 38.0 Å². The number of methoxy groups -OCH3 is 1. The van der Waals surface area contributed by atoms with Crippen molar-refractivity contribution in [2.75, 3.05) is 46.6 Å². The first-order valence-corrected chi connectivity index (χ1v) is 8.80. The first kappa shape index (κ1) is 17.2. The SMILES string of the molecule is CCC1(CC)CN(CCCOCCOC)C(C2CC2)CN1. The van der Waals surface area contributed by atoms with E-state index in [1.807, 2.05) is 0 Å². The molecule has 0 amide bonds. The van der Waals surface area contributed by atoms with Gasteiger partial charge < -0.3 is 14.8 Å². The quantitative estimate of drug-likeness (QED) is 0.627. The van der Waals surface area contributed by atoms with Crippen molar-refractivity contribution in [1.82, 2.24) is 10.2 Å². The van der Waals surface area contributed by atoms with E-state index in [0.29, 0.717) is 12.1 Å². The number of rotatable bonds is 10. The standard InChI is InChI=1S/C17H34N2O2/c1-4-17(5-2)14-19(9-6-10-21-12-11-20-3)16(13-18-17)15-7-8-15/h15-16,18H,4-14H2,1-3H3. The van der Waals surface area contributed by atoms with Gasteiger partial charge in [-0.2, -0.15) is 0 Å². The Kier molecular flexibility index (Phi) is 6.93. The smallest absolute Gasteiger partial charge is 0.0700 e. The third-order valence-electron chi connectivity index (χ3n) is 5.35. The lowest BCUT2D eigenvalue weighted by Crippen LogP contribution is -2.64. The summed E-state index contributed by atoms with van der Waals surface area (Å²) in [5.41, 5.74) is 0.336. The van der Waals surface area contributed by atoms with Gasteiger partial charge in [0.15, 0.2) is 0 Å². The lowest BCUT2D eigenvalue weighted by molar-refractivity contribution is 0.0390. The first-order valence-electron chi connectivity index (χ1n) is 8.80. The number of ether oxygens (including phenoxy) is 2. The summed E-state index contributed by atoms with van der Waals surface area (Å²) in [7, 11) is 1.72. The molecule has 1 atom stereocenters. The fourth-order valence-electron chi connectivity index (χ4n) is 3.54. The highest BCUT2D eigenvalue weighted by Gasteiger charge is 2.42. The Bertz CT molecular complexity index is 291. The summed E-state index contributed by atoms with van der Waals surface area (Å²) in [6.45, 7) is 10.5. The fraction of sp³-hybridized carbons (Fsp3) is 1.00. The van der Waals surface area contributed by atoms with Crippen molar-refractivity contribution in [2.24, 2.45) is 5.92 Å². The molecular weight excluding hydrogens is 264 g/mol. The molecule has 1 unspecified atom stereocenters. The third kappa shape index (κ3) is 4.92. The van der Waals surface area contributed by atoms with Crippen LogP contribution in [0.1, 0.15) is 46.0 Å². The Labute approximate surface area is 130 Å². The predicted octanol–water partition coefficient (Wildman–Crippen LogP) is 2.28. The zero-order valence-electron chi connectivity index (χ0n) is 14.2. The predicted molar refractivity (Wildman–Crippen MR) is 86.7 cm³/mol. The topological polar surface area (TPSA) is 33.7 Å². The van der Waals surface area contributed by atoms with Crippen LogP contribution in [0.2, 0.25) is 0 Å². The van der Waals surface area contributed by atoms with E-state index in [1.165, 1.54) is 45.3 Å². The Balaban J connectivity index is 1.77. The largest absolute Gasteiger partial charge is 0.382 e. The van der Waals surface area contributed by atoms with Gasteiger partial charge in [0.05, 0.1) is 13.2 Å². The van der Waals surface area contributed by atoms with Crippen LogP contribution < -0.4 is 5.32 Å². The van der Waals surface area contributed by atoms with E-state index in [9.17, 15) is 0 Å². The van der Waals surface area contributed by atoms with E-state index < -0.39 is 0 Å². The second kappa shape index (κ2) is 8.47. The number of nitrogens with one attached hydrogen (secondary N) is 1. The molecule has 2 rings (SSSR count). The highest BCUT2D eigenvalue weighted by Crippen LogP contribution is 2.38. The molecule has 0 bridgehead atoms. The van der Waals surface area contributed by atoms with Crippen LogP contribution in [0.25, 0.3) is 0 Å². The van der Waals surface area contributed by atoms with Gasteiger partial charge in [0, 0.05) is 44.9 Å². The molecule has 0 aromatic heterocycles. The van der Waals surface area contributed by atoms with Crippen molar-refractivity contribution in [3.63, 3.8) is 0 Å². The molecule has 124 valence electrons. The van der Waals surface area contributed by atoms with Gasteiger partial charge in [-0.3, -0.25) is 4.90 Å². The van der Waals surface area contributed by atoms with Gasteiger partial charge in [-0.15, -0.1) is 0 Å². The van der Waals surface area contributed by atoms with E-state index in [1.54, 1.807) is 7.11 Å². The van der Waals surface area contributed by atoms with Crippen LogP contribution in [0.4, 0.5) is 0 Å². The summed E-state index contributed by atoms with van der Waals surface area (Å²) < 4.78 is 10.6. The highest BCUT2D eigenvalue weighted by atomic mass is 16.5. The molecule has 0 radical (unpaired) electrons. The van der Waals surface area contributed by atoms with Gasteiger partial charge >= 0.3 is 0 Å². The molecule has 0 aromatic carbocycles. The molecule has 1 aliphatic heterocycles. The van der Waals surface area contributed by atoms with E-state index >= 15 is 0 Å². The van der Waals surface area contributed by atoms with Crippen LogP contribution in [0.3, 0.4) is 0 Å². The van der Waals surface area contributed by atoms with E-state index in [4.69, 9.17) is 9.47 Å². The molecule has 4 heteroatoms. The maximum absolute atomic E-state index is 5.61. The van der Waals surface area contributed by atoms with Crippen LogP contribution in [-0.2, 0) is 9.47 Å². The minimum Gasteiger partial charge on any atom is -0.382 e. The Morgan fingerprint density at radius 3 is 2.52 bits per heavy atom. The molecule has 1 N–H and O–H groups in total. The fourth-order valence-corrected chi connectivity index (χ4v) is 3.54. The molecule has 2 fully saturated rings. The summed E-state index contributed by atoms with van der Waals surface area (Å²) in [4.78, 5) is 2.75. The lowest BCUT2D eigenvalue weighted by Gasteiger charge is -2.48. The summed E-state index contributed by atoms with van der Waals surface area (Å²) in [6.07, 6.45) is 6.44. The molecule has 1 aliphatic carbocycles. The van der Waals surface area contributed by atoms with Gasteiger partial charge in [-0.25, -0.2) is 0 Å². The monoisotopic (exact) mass is 298 g/mol. The van der Waals surface area contributed by atoms with E-state index in [2.05, 4.69) is 24.1 Å². The van der Waals surface area contributed by atoms with Crippen molar-refractivity contribution in [3.8, 4) is 0 Å². The molecule has 21 heavy (non-hydrogen) atoms. The van der Waals surface area contributed by atoms with Crippen molar-refractivity contribution < 1.29 is 9.47 Å². The molecule has 1 saturated carbocycles. The molecule has 1 heterocycles. The zero-order chi connectivity index (χ0) is 15.1. The van der Waals surface area contributed by atoms with E-state index in [0.717, 1.165) is 31.6 Å². The first-order chi connectivity index (χ1) is 10.2. The van der Waals surface area contributed by atoms with Crippen molar-refractivity contribution in [1.29, 1.82) is 0 Å². The Morgan fingerprint density at radius 2 is 1.90 bits per heavy atom. The van der Waals surface area contributed by atoms with Crippen LogP contribution in [0.15, 0.2) is 0 Å². The van der Waals surface area contributed by atoms with Crippen molar-refractivity contribution >= 4 is 0 Å².